The number of carbonyl (C=O) groups excluding carboxylic acids is 1. The summed E-state index contributed by atoms with van der Waals surface area (Å²) in [7, 11) is 1.56. The molecule has 0 bridgehead atoms. The van der Waals surface area contributed by atoms with Gasteiger partial charge < -0.3 is 15.2 Å². The molecule has 0 fully saturated rings. The zero-order valence-electron chi connectivity index (χ0n) is 10.7. The predicted octanol–water partition coefficient (Wildman–Crippen LogP) is 1.14. The fraction of sp³-hybridized carbons (Fsp3) is 0.385. The number of aryl methyl sites for hydroxylation is 1. The Hall–Kier alpha value is -2.04. The van der Waals surface area contributed by atoms with Crippen LogP contribution in [0.2, 0.25) is 0 Å². The summed E-state index contributed by atoms with van der Waals surface area (Å²) >= 11 is 0. The van der Waals surface area contributed by atoms with Gasteiger partial charge >= 0.3 is 5.97 Å². The van der Waals surface area contributed by atoms with Crippen molar-refractivity contribution in [3.05, 3.63) is 29.3 Å². The highest BCUT2D eigenvalue weighted by atomic mass is 16.5. The van der Waals surface area contributed by atoms with Crippen molar-refractivity contribution in [2.24, 2.45) is 0 Å². The number of rotatable bonds is 5. The third kappa shape index (κ3) is 3.76. The number of nitrogens with one attached hydrogen (secondary N) is 1. The van der Waals surface area contributed by atoms with E-state index in [1.54, 1.807) is 13.2 Å². The molecule has 0 aromatic heterocycles. The SMILES string of the molecule is COc1cc(CC(NC(C)=O)C(=O)O)ccc1C. The van der Waals surface area contributed by atoms with Crippen molar-refractivity contribution in [1.82, 2.24) is 5.32 Å². The van der Waals surface area contributed by atoms with Gasteiger partial charge in [0.15, 0.2) is 0 Å². The van der Waals surface area contributed by atoms with Gasteiger partial charge in [-0.05, 0) is 24.1 Å². The van der Waals surface area contributed by atoms with E-state index in [1.165, 1.54) is 6.92 Å². The number of amides is 1. The first-order chi connectivity index (χ1) is 8.43. The highest BCUT2D eigenvalue weighted by Crippen LogP contribution is 2.19. The Morgan fingerprint density at radius 1 is 1.44 bits per heavy atom. The molecule has 0 aliphatic carbocycles. The number of carboxylic acid groups (broad SMARTS) is 1. The van der Waals surface area contributed by atoms with Gasteiger partial charge in [0.1, 0.15) is 11.8 Å². The lowest BCUT2D eigenvalue weighted by Gasteiger charge is -2.14. The average Bonchev–Trinajstić information content (AvgIpc) is 2.29. The molecule has 0 heterocycles. The molecule has 5 heteroatoms. The minimum atomic E-state index is -1.05. The van der Waals surface area contributed by atoms with E-state index in [-0.39, 0.29) is 12.3 Å². The summed E-state index contributed by atoms with van der Waals surface area (Å²) < 4.78 is 5.17. The molecule has 0 aliphatic rings. The molecule has 0 radical (unpaired) electrons. The lowest BCUT2D eigenvalue weighted by Crippen LogP contribution is -2.41. The Labute approximate surface area is 106 Å². The Morgan fingerprint density at radius 3 is 2.61 bits per heavy atom. The predicted molar refractivity (Wildman–Crippen MR) is 66.7 cm³/mol. The summed E-state index contributed by atoms with van der Waals surface area (Å²) in [6.45, 7) is 3.21. The van der Waals surface area contributed by atoms with Gasteiger partial charge in [-0.3, -0.25) is 4.79 Å². The maximum Gasteiger partial charge on any atom is 0.326 e. The van der Waals surface area contributed by atoms with Crippen molar-refractivity contribution in [2.45, 2.75) is 26.3 Å². The first-order valence-electron chi connectivity index (χ1n) is 5.57. The van der Waals surface area contributed by atoms with Crippen LogP contribution in [0.3, 0.4) is 0 Å². The molecule has 1 aromatic rings. The third-order valence-corrected chi connectivity index (χ3v) is 2.59. The van der Waals surface area contributed by atoms with Crippen molar-refractivity contribution in [1.29, 1.82) is 0 Å². The van der Waals surface area contributed by atoms with Crippen LogP contribution in [0.25, 0.3) is 0 Å². The van der Waals surface area contributed by atoms with Crippen LogP contribution in [-0.2, 0) is 16.0 Å². The summed E-state index contributed by atoms with van der Waals surface area (Å²) in [5, 5.41) is 11.4. The molecule has 5 nitrogen and oxygen atoms in total. The van der Waals surface area contributed by atoms with Crippen molar-refractivity contribution in [2.75, 3.05) is 7.11 Å². The number of ether oxygens (including phenoxy) is 1. The van der Waals surface area contributed by atoms with E-state index in [0.29, 0.717) is 5.75 Å². The van der Waals surface area contributed by atoms with Crippen LogP contribution in [-0.4, -0.2) is 30.1 Å². The molecule has 2 N–H and O–H groups in total. The third-order valence-electron chi connectivity index (χ3n) is 2.59. The zero-order valence-corrected chi connectivity index (χ0v) is 10.7. The molecule has 18 heavy (non-hydrogen) atoms. The molecule has 0 saturated carbocycles. The molecular formula is C13H17NO4. The zero-order chi connectivity index (χ0) is 13.7. The quantitative estimate of drug-likeness (QED) is 0.822. The van der Waals surface area contributed by atoms with E-state index in [2.05, 4.69) is 5.32 Å². The molecule has 1 amide bonds. The molecule has 1 unspecified atom stereocenters. The van der Waals surface area contributed by atoms with E-state index >= 15 is 0 Å². The van der Waals surface area contributed by atoms with Crippen LogP contribution in [0.1, 0.15) is 18.1 Å². The smallest absolute Gasteiger partial charge is 0.326 e. The molecular weight excluding hydrogens is 234 g/mol. The highest BCUT2D eigenvalue weighted by molar-refractivity contribution is 5.82. The van der Waals surface area contributed by atoms with Crippen LogP contribution in [0.5, 0.6) is 5.75 Å². The maximum atomic E-state index is 11.0. The normalized spacial score (nSPS) is 11.7. The Balaban J connectivity index is 2.87. The summed E-state index contributed by atoms with van der Waals surface area (Å²) in [5.41, 5.74) is 1.78. The van der Waals surface area contributed by atoms with Gasteiger partial charge in [-0.1, -0.05) is 12.1 Å². The second kappa shape index (κ2) is 6.05. The van der Waals surface area contributed by atoms with E-state index in [1.807, 2.05) is 19.1 Å². The monoisotopic (exact) mass is 251 g/mol. The number of carboxylic acids is 1. The first kappa shape index (κ1) is 14.0. The van der Waals surface area contributed by atoms with Crippen molar-refractivity contribution < 1.29 is 19.4 Å². The van der Waals surface area contributed by atoms with E-state index in [0.717, 1.165) is 11.1 Å². The van der Waals surface area contributed by atoms with Gasteiger partial charge in [0, 0.05) is 13.3 Å². The topological polar surface area (TPSA) is 75.6 Å². The molecule has 0 spiro atoms. The average molecular weight is 251 g/mol. The maximum absolute atomic E-state index is 11.0. The number of aliphatic carboxylic acids is 1. The van der Waals surface area contributed by atoms with Crippen LogP contribution in [0, 0.1) is 6.92 Å². The molecule has 1 atom stereocenters. The van der Waals surface area contributed by atoms with E-state index < -0.39 is 12.0 Å². The van der Waals surface area contributed by atoms with Gasteiger partial charge in [0.25, 0.3) is 0 Å². The van der Waals surface area contributed by atoms with Gasteiger partial charge in [0.05, 0.1) is 7.11 Å². The summed E-state index contributed by atoms with van der Waals surface area (Å²) in [4.78, 5) is 21.9. The van der Waals surface area contributed by atoms with Crippen molar-refractivity contribution >= 4 is 11.9 Å². The fourth-order valence-electron chi connectivity index (χ4n) is 1.67. The highest BCUT2D eigenvalue weighted by Gasteiger charge is 2.19. The molecule has 98 valence electrons. The Bertz CT molecular complexity index is 456. The number of carbonyl (C=O) groups is 2. The van der Waals surface area contributed by atoms with Gasteiger partial charge in [-0.15, -0.1) is 0 Å². The molecule has 1 rings (SSSR count). The summed E-state index contributed by atoms with van der Waals surface area (Å²) in [6.07, 6.45) is 0.228. The lowest BCUT2D eigenvalue weighted by atomic mass is 10.0. The van der Waals surface area contributed by atoms with Gasteiger partial charge in [-0.25, -0.2) is 4.79 Å². The standard InChI is InChI=1S/C13H17NO4/c1-8-4-5-10(7-12(8)18-3)6-11(13(16)17)14-9(2)15/h4-5,7,11H,6H2,1-3H3,(H,14,15)(H,16,17). The second-order valence-corrected chi connectivity index (χ2v) is 4.10. The van der Waals surface area contributed by atoms with Crippen LogP contribution in [0.15, 0.2) is 18.2 Å². The minimum absolute atomic E-state index is 0.228. The summed E-state index contributed by atoms with van der Waals surface area (Å²) in [5.74, 6) is -0.703. The van der Waals surface area contributed by atoms with Crippen molar-refractivity contribution in [3.8, 4) is 5.75 Å². The number of methoxy groups -OCH3 is 1. The number of hydrogen-bond acceptors (Lipinski definition) is 3. The number of hydrogen-bond donors (Lipinski definition) is 2. The van der Waals surface area contributed by atoms with Crippen LogP contribution < -0.4 is 10.1 Å². The molecule has 0 saturated heterocycles. The minimum Gasteiger partial charge on any atom is -0.496 e. The first-order valence-corrected chi connectivity index (χ1v) is 5.57. The van der Waals surface area contributed by atoms with Gasteiger partial charge in [0.2, 0.25) is 5.91 Å². The lowest BCUT2D eigenvalue weighted by molar-refractivity contribution is -0.141. The molecule has 0 aliphatic heterocycles. The number of benzene rings is 1. The molecule has 1 aromatic carbocycles. The van der Waals surface area contributed by atoms with Crippen LogP contribution in [0.4, 0.5) is 0 Å². The second-order valence-electron chi connectivity index (χ2n) is 4.10. The van der Waals surface area contributed by atoms with Crippen LogP contribution >= 0.6 is 0 Å². The van der Waals surface area contributed by atoms with Crippen molar-refractivity contribution in [3.63, 3.8) is 0 Å². The fourth-order valence-corrected chi connectivity index (χ4v) is 1.67. The summed E-state index contributed by atoms with van der Waals surface area (Å²) in [6, 6.07) is 4.55. The Morgan fingerprint density at radius 2 is 2.11 bits per heavy atom. The van der Waals surface area contributed by atoms with E-state index in [9.17, 15) is 9.59 Å². The Kier molecular flexibility index (Phi) is 4.71. The van der Waals surface area contributed by atoms with Gasteiger partial charge in [-0.2, -0.15) is 0 Å². The van der Waals surface area contributed by atoms with E-state index in [4.69, 9.17) is 9.84 Å². The largest absolute Gasteiger partial charge is 0.496 e.